The highest BCUT2D eigenvalue weighted by atomic mass is 16.4. The van der Waals surface area contributed by atoms with Crippen molar-refractivity contribution in [2.45, 2.75) is 65.3 Å². The van der Waals surface area contributed by atoms with Gasteiger partial charge < -0.3 is 26.6 Å². The summed E-state index contributed by atoms with van der Waals surface area (Å²) in [6, 6.07) is -3.12. The lowest BCUT2D eigenvalue weighted by Crippen LogP contribution is -2.58. The molecule has 0 heterocycles. The van der Waals surface area contributed by atoms with E-state index in [9.17, 15) is 19.5 Å². The minimum Gasteiger partial charge on any atom is -0.480 e. The van der Waals surface area contributed by atoms with Crippen LogP contribution in [0.3, 0.4) is 0 Å². The smallest absolute Gasteiger partial charge is 0.328 e. The second kappa shape index (κ2) is 9.46. The van der Waals surface area contributed by atoms with Crippen LogP contribution in [0, 0.1) is 11.8 Å². The van der Waals surface area contributed by atoms with Crippen molar-refractivity contribution in [3.63, 3.8) is 0 Å². The molecule has 0 spiro atoms. The molecule has 0 aliphatic heterocycles. The van der Waals surface area contributed by atoms with Crippen molar-refractivity contribution in [1.29, 1.82) is 0 Å². The molecule has 8 heteroatoms. The Balaban J connectivity index is 5.14. The maximum absolute atomic E-state index is 12.3. The third kappa shape index (κ3) is 6.54. The summed E-state index contributed by atoms with van der Waals surface area (Å²) in [7, 11) is 0. The van der Waals surface area contributed by atoms with E-state index < -0.39 is 42.0 Å². The first-order valence-electron chi connectivity index (χ1n) is 7.80. The van der Waals surface area contributed by atoms with E-state index in [0.717, 1.165) is 0 Å². The molecule has 5 atom stereocenters. The summed E-state index contributed by atoms with van der Waals surface area (Å²) < 4.78 is 0. The average molecular weight is 331 g/mol. The molecule has 0 saturated carbocycles. The average Bonchev–Trinajstić information content (AvgIpc) is 2.47. The van der Waals surface area contributed by atoms with E-state index >= 15 is 0 Å². The lowest BCUT2D eigenvalue weighted by molar-refractivity contribution is -0.145. The second-order valence-electron chi connectivity index (χ2n) is 6.21. The molecule has 0 rings (SSSR count). The number of aliphatic hydroxyl groups excluding tert-OH is 1. The Morgan fingerprint density at radius 2 is 1.48 bits per heavy atom. The van der Waals surface area contributed by atoms with Crippen molar-refractivity contribution in [1.82, 2.24) is 10.6 Å². The van der Waals surface area contributed by atoms with Crippen LogP contribution in [0.4, 0.5) is 0 Å². The number of hydrogen-bond acceptors (Lipinski definition) is 5. The molecule has 0 aromatic heterocycles. The van der Waals surface area contributed by atoms with Crippen LogP contribution >= 0.6 is 0 Å². The van der Waals surface area contributed by atoms with Gasteiger partial charge in [0.25, 0.3) is 0 Å². The van der Waals surface area contributed by atoms with E-state index in [-0.39, 0.29) is 11.8 Å². The fourth-order valence-corrected chi connectivity index (χ4v) is 1.89. The molecule has 0 saturated heterocycles. The van der Waals surface area contributed by atoms with E-state index in [1.807, 2.05) is 6.92 Å². The van der Waals surface area contributed by atoms with Crippen molar-refractivity contribution >= 4 is 17.8 Å². The SMILES string of the molecule is CC[C@H](C)[C@H](NC(=O)[C@@H](N)C(C)C)C(=O)N[C@H](C(=O)O)[C@@H](C)O. The zero-order valence-corrected chi connectivity index (χ0v) is 14.4. The number of amides is 2. The van der Waals surface area contributed by atoms with Crippen LogP contribution in [0.2, 0.25) is 0 Å². The fraction of sp³-hybridized carbons (Fsp3) is 0.800. The summed E-state index contributed by atoms with van der Waals surface area (Å²) >= 11 is 0. The van der Waals surface area contributed by atoms with Gasteiger partial charge in [-0.15, -0.1) is 0 Å². The number of rotatable bonds is 9. The molecular weight excluding hydrogens is 302 g/mol. The maximum Gasteiger partial charge on any atom is 0.328 e. The van der Waals surface area contributed by atoms with E-state index in [1.54, 1.807) is 20.8 Å². The molecule has 6 N–H and O–H groups in total. The first kappa shape index (κ1) is 21.3. The summed E-state index contributed by atoms with van der Waals surface area (Å²) in [5.41, 5.74) is 5.77. The molecule has 0 fully saturated rings. The summed E-state index contributed by atoms with van der Waals surface area (Å²) in [5, 5.41) is 23.3. The van der Waals surface area contributed by atoms with Crippen LogP contribution in [0.1, 0.15) is 41.0 Å². The predicted octanol–water partition coefficient (Wildman–Crippen LogP) is -0.549. The van der Waals surface area contributed by atoms with Gasteiger partial charge in [0, 0.05) is 0 Å². The van der Waals surface area contributed by atoms with Crippen LogP contribution < -0.4 is 16.4 Å². The standard InChI is InChI=1S/C15H29N3O5/c1-6-8(4)11(17-13(20)10(16)7(2)3)14(21)18-12(9(5)19)15(22)23/h7-12,19H,6,16H2,1-5H3,(H,17,20)(H,18,21)(H,22,23)/t8-,9+,10-,11-,12-/m0/s1. The third-order valence-corrected chi connectivity index (χ3v) is 3.86. The largest absolute Gasteiger partial charge is 0.480 e. The molecule has 0 radical (unpaired) electrons. The monoisotopic (exact) mass is 331 g/mol. The summed E-state index contributed by atoms with van der Waals surface area (Å²) in [4.78, 5) is 35.5. The Morgan fingerprint density at radius 1 is 1.00 bits per heavy atom. The number of nitrogens with one attached hydrogen (secondary N) is 2. The Kier molecular flexibility index (Phi) is 8.78. The zero-order chi connectivity index (χ0) is 18.3. The Morgan fingerprint density at radius 3 is 1.83 bits per heavy atom. The molecule has 134 valence electrons. The Labute approximate surface area is 136 Å². The Hall–Kier alpha value is -1.67. The summed E-state index contributed by atoms with van der Waals surface area (Å²) in [6.45, 7) is 8.46. The van der Waals surface area contributed by atoms with Crippen molar-refractivity contribution in [3.05, 3.63) is 0 Å². The van der Waals surface area contributed by atoms with Crippen molar-refractivity contribution < 1.29 is 24.6 Å². The number of aliphatic hydroxyl groups is 1. The highest BCUT2D eigenvalue weighted by Crippen LogP contribution is 2.10. The Bertz CT molecular complexity index is 425. The van der Waals surface area contributed by atoms with Gasteiger partial charge in [0.05, 0.1) is 12.1 Å². The van der Waals surface area contributed by atoms with Gasteiger partial charge in [-0.3, -0.25) is 9.59 Å². The van der Waals surface area contributed by atoms with E-state index in [2.05, 4.69) is 10.6 Å². The lowest BCUT2D eigenvalue weighted by Gasteiger charge is -2.27. The number of carboxylic acid groups (broad SMARTS) is 1. The number of hydrogen-bond donors (Lipinski definition) is 5. The topological polar surface area (TPSA) is 142 Å². The molecular formula is C15H29N3O5. The fourth-order valence-electron chi connectivity index (χ4n) is 1.89. The molecule has 0 aromatic carbocycles. The number of nitrogens with two attached hydrogens (primary N) is 1. The first-order valence-corrected chi connectivity index (χ1v) is 7.80. The lowest BCUT2D eigenvalue weighted by atomic mass is 9.96. The van der Waals surface area contributed by atoms with Crippen LogP contribution in [0.25, 0.3) is 0 Å². The van der Waals surface area contributed by atoms with Gasteiger partial charge in [-0.1, -0.05) is 34.1 Å². The maximum atomic E-state index is 12.3. The number of carbonyl (C=O) groups excluding carboxylic acids is 2. The highest BCUT2D eigenvalue weighted by molar-refractivity contribution is 5.92. The van der Waals surface area contributed by atoms with Crippen LogP contribution in [0.15, 0.2) is 0 Å². The molecule has 23 heavy (non-hydrogen) atoms. The third-order valence-electron chi connectivity index (χ3n) is 3.86. The zero-order valence-electron chi connectivity index (χ0n) is 14.4. The number of carboxylic acids is 1. The molecule has 0 aliphatic rings. The molecule has 0 aromatic rings. The minimum atomic E-state index is -1.44. The van der Waals surface area contributed by atoms with Gasteiger partial charge in [-0.25, -0.2) is 4.79 Å². The van der Waals surface area contributed by atoms with Gasteiger partial charge in [-0.05, 0) is 18.8 Å². The molecule has 0 unspecified atom stereocenters. The number of carbonyl (C=O) groups is 3. The number of aliphatic carboxylic acids is 1. The molecule has 8 nitrogen and oxygen atoms in total. The molecule has 0 bridgehead atoms. The highest BCUT2D eigenvalue weighted by Gasteiger charge is 2.32. The molecule has 2 amide bonds. The van der Waals surface area contributed by atoms with Crippen molar-refractivity contribution in [2.75, 3.05) is 0 Å². The van der Waals surface area contributed by atoms with Crippen LogP contribution in [0.5, 0.6) is 0 Å². The summed E-state index contributed by atoms with van der Waals surface area (Å²) in [6.07, 6.45) is -0.663. The van der Waals surface area contributed by atoms with E-state index in [4.69, 9.17) is 10.8 Å². The van der Waals surface area contributed by atoms with Crippen molar-refractivity contribution in [2.24, 2.45) is 17.6 Å². The van der Waals surface area contributed by atoms with Gasteiger partial charge in [-0.2, -0.15) is 0 Å². The first-order chi connectivity index (χ1) is 10.5. The van der Waals surface area contributed by atoms with Gasteiger partial charge in [0.2, 0.25) is 11.8 Å². The van der Waals surface area contributed by atoms with E-state index in [1.165, 1.54) is 6.92 Å². The summed E-state index contributed by atoms with van der Waals surface area (Å²) in [5.74, 6) is -2.79. The van der Waals surface area contributed by atoms with Crippen LogP contribution in [-0.2, 0) is 14.4 Å². The van der Waals surface area contributed by atoms with Gasteiger partial charge in [0.15, 0.2) is 6.04 Å². The van der Waals surface area contributed by atoms with E-state index in [0.29, 0.717) is 6.42 Å². The van der Waals surface area contributed by atoms with Crippen molar-refractivity contribution in [3.8, 4) is 0 Å². The predicted molar refractivity (Wildman–Crippen MR) is 85.4 cm³/mol. The van der Waals surface area contributed by atoms with Gasteiger partial charge >= 0.3 is 5.97 Å². The second-order valence-corrected chi connectivity index (χ2v) is 6.21. The van der Waals surface area contributed by atoms with Gasteiger partial charge in [0.1, 0.15) is 6.04 Å². The quantitative estimate of drug-likeness (QED) is 0.384. The molecule has 0 aliphatic carbocycles. The normalized spacial score (nSPS) is 17.7. The van der Waals surface area contributed by atoms with Crippen LogP contribution in [-0.4, -0.2) is 52.2 Å². The minimum absolute atomic E-state index is 0.0973.